The van der Waals surface area contributed by atoms with Gasteiger partial charge in [-0.15, -0.1) is 0 Å². The predicted octanol–water partition coefficient (Wildman–Crippen LogP) is 5.66. The van der Waals surface area contributed by atoms with Gasteiger partial charge in [0.1, 0.15) is 0 Å². The molecule has 2 aromatic rings. The number of unbranched alkanes of at least 4 members (excludes halogenated alkanes) is 3. The van der Waals surface area contributed by atoms with E-state index in [-0.39, 0.29) is 5.78 Å². The topological polar surface area (TPSA) is 34.4 Å². The molecule has 2 aromatic heterocycles. The van der Waals surface area contributed by atoms with Gasteiger partial charge in [0.05, 0.1) is 0 Å². The average molecular weight is 467 g/mol. The summed E-state index contributed by atoms with van der Waals surface area (Å²) in [5.74, 6) is 0.0792. The standard InChI is InChI=1S/C13H27.C7H5N2OS.Sn/c1-4-7-10-13(11-8-5-2)12-9-6-3;1-5(10)6-7-9(4-8-6)2-3-11-7;/h4-12H2,1-3H3;3-4H,1H3;. The van der Waals surface area contributed by atoms with Gasteiger partial charge >= 0.3 is 167 Å². The second kappa shape index (κ2) is 10.1. The van der Waals surface area contributed by atoms with Crippen molar-refractivity contribution in [2.45, 2.75) is 88.9 Å². The van der Waals surface area contributed by atoms with Crippen LogP contribution in [0.15, 0.2) is 11.7 Å². The Morgan fingerprint density at radius 3 is 2.16 bits per heavy atom. The first kappa shape index (κ1) is 20.9. The van der Waals surface area contributed by atoms with Gasteiger partial charge in [-0.25, -0.2) is 0 Å². The normalized spacial score (nSPS) is 12.2. The summed E-state index contributed by atoms with van der Waals surface area (Å²) in [6.45, 7) is 8.56. The van der Waals surface area contributed by atoms with E-state index in [1.54, 1.807) is 18.3 Å². The number of carbonyl (C=O) groups excluding carboxylic acids is 1. The third-order valence-electron chi connectivity index (χ3n) is 5.02. The average Bonchev–Trinajstić information content (AvgIpc) is 3.19. The minimum absolute atomic E-state index is 0.0792. The van der Waals surface area contributed by atoms with Crippen molar-refractivity contribution in [3.63, 3.8) is 0 Å². The number of aromatic nitrogens is 2. The second-order valence-corrected chi connectivity index (χ2v) is 13.2. The molecule has 0 aliphatic heterocycles. The first-order valence-corrected chi connectivity index (χ1v) is 13.5. The van der Waals surface area contributed by atoms with Crippen LogP contribution >= 0.6 is 11.3 Å². The molecule has 0 fully saturated rings. The molecule has 0 aromatic carbocycles. The number of imidazole rings is 1. The van der Waals surface area contributed by atoms with Crippen molar-refractivity contribution in [2.24, 2.45) is 0 Å². The van der Waals surface area contributed by atoms with Crippen molar-refractivity contribution in [1.29, 1.82) is 0 Å². The molecule has 0 N–H and O–H groups in total. The van der Waals surface area contributed by atoms with E-state index in [1.807, 2.05) is 6.33 Å². The molecule has 25 heavy (non-hydrogen) atoms. The van der Waals surface area contributed by atoms with Gasteiger partial charge in [0.25, 0.3) is 0 Å². The van der Waals surface area contributed by atoms with Gasteiger partial charge in [-0.05, 0) is 0 Å². The monoisotopic (exact) mass is 468 g/mol. The fourth-order valence-corrected chi connectivity index (χ4v) is 10.7. The van der Waals surface area contributed by atoms with Gasteiger partial charge in [-0.1, -0.05) is 0 Å². The van der Waals surface area contributed by atoms with Crippen LogP contribution in [0.25, 0.3) is 4.83 Å². The molecule has 2 heterocycles. The van der Waals surface area contributed by atoms with Crippen molar-refractivity contribution in [1.82, 2.24) is 9.38 Å². The fourth-order valence-electron chi connectivity index (χ4n) is 3.50. The first-order chi connectivity index (χ1) is 12.1. The molecular weight excluding hydrogens is 435 g/mol. The molecule has 0 aliphatic carbocycles. The predicted molar refractivity (Wildman–Crippen MR) is 110 cm³/mol. The molecule has 3 nitrogen and oxygen atoms in total. The van der Waals surface area contributed by atoms with Gasteiger partial charge in [0.15, 0.2) is 0 Å². The third-order valence-corrected chi connectivity index (χ3v) is 12.1. The van der Waals surface area contributed by atoms with Crippen molar-refractivity contribution < 1.29 is 4.79 Å². The summed E-state index contributed by atoms with van der Waals surface area (Å²) < 4.78 is 4.32. The molecule has 0 amide bonds. The molecule has 0 aliphatic rings. The van der Waals surface area contributed by atoms with E-state index >= 15 is 0 Å². The van der Waals surface area contributed by atoms with E-state index in [9.17, 15) is 4.79 Å². The Kier molecular flexibility index (Phi) is 8.46. The molecule has 0 atom stereocenters. The Hall–Kier alpha value is -0.361. The zero-order valence-electron chi connectivity index (χ0n) is 16.2. The Morgan fingerprint density at radius 2 is 1.68 bits per heavy atom. The van der Waals surface area contributed by atoms with Gasteiger partial charge in [-0.3, -0.25) is 0 Å². The number of thiazole rings is 1. The number of hydrogen-bond acceptors (Lipinski definition) is 3. The SMILES string of the molecule is CCCC[C](CCCC)(CCCC)[Sn][c]1csc2c(C(C)=O)ncn12. The Morgan fingerprint density at radius 1 is 1.12 bits per heavy atom. The summed E-state index contributed by atoms with van der Waals surface area (Å²) >= 11 is 0.930. The van der Waals surface area contributed by atoms with Crippen LogP contribution in [0.4, 0.5) is 0 Å². The van der Waals surface area contributed by atoms with E-state index in [4.69, 9.17) is 0 Å². The summed E-state index contributed by atoms with van der Waals surface area (Å²) in [7, 11) is 0. The van der Waals surface area contributed by atoms with Crippen LogP contribution in [0.2, 0.25) is 3.43 Å². The van der Waals surface area contributed by atoms with Crippen molar-refractivity contribution >= 4 is 46.8 Å². The van der Waals surface area contributed by atoms with Crippen LogP contribution in [-0.2, 0) is 0 Å². The summed E-state index contributed by atoms with van der Waals surface area (Å²) in [4.78, 5) is 17.2. The number of fused-ring (bicyclic) bond motifs is 1. The fraction of sp³-hybridized carbons (Fsp3) is 0.700. The molecule has 138 valence electrons. The van der Waals surface area contributed by atoms with Crippen LogP contribution < -0.4 is 3.71 Å². The number of Topliss-reactive ketones (excluding diaryl/α,β-unsaturated/α-hetero) is 1. The molecule has 0 saturated heterocycles. The van der Waals surface area contributed by atoms with Gasteiger partial charge in [0.2, 0.25) is 0 Å². The first-order valence-electron chi connectivity index (χ1n) is 9.80. The van der Waals surface area contributed by atoms with Gasteiger partial charge < -0.3 is 0 Å². The quantitative estimate of drug-likeness (QED) is 0.299. The number of rotatable bonds is 12. The summed E-state index contributed by atoms with van der Waals surface area (Å²) in [5.41, 5.74) is 0.650. The molecule has 2 radical (unpaired) electrons. The van der Waals surface area contributed by atoms with Crippen LogP contribution in [0.1, 0.15) is 96.0 Å². The van der Waals surface area contributed by atoms with Gasteiger partial charge in [-0.2, -0.15) is 0 Å². The molecule has 0 bridgehead atoms. The molecule has 0 unspecified atom stereocenters. The van der Waals surface area contributed by atoms with Crippen LogP contribution in [-0.4, -0.2) is 36.3 Å². The zero-order valence-corrected chi connectivity index (χ0v) is 19.9. The van der Waals surface area contributed by atoms with E-state index in [0.717, 1.165) is 4.83 Å². The second-order valence-electron chi connectivity index (χ2n) is 7.16. The summed E-state index contributed by atoms with van der Waals surface area (Å²) in [6.07, 6.45) is 14.0. The summed E-state index contributed by atoms with van der Waals surface area (Å²) in [5, 5.41) is 2.33. The summed E-state index contributed by atoms with van der Waals surface area (Å²) in [6, 6.07) is 0. The minimum atomic E-state index is -0.780. The van der Waals surface area contributed by atoms with E-state index < -0.39 is 21.1 Å². The Labute approximate surface area is 166 Å². The van der Waals surface area contributed by atoms with Crippen molar-refractivity contribution in [3.05, 3.63) is 17.4 Å². The number of nitrogens with zero attached hydrogens (tertiary/aromatic N) is 2. The Balaban J connectivity index is 2.31. The Bertz CT molecular complexity index is 655. The maximum atomic E-state index is 11.8. The molecule has 0 saturated carbocycles. The molecular formula is C20H32N2OSSn. The number of hydrogen-bond donors (Lipinski definition) is 0. The van der Waals surface area contributed by atoms with Crippen molar-refractivity contribution in [3.8, 4) is 0 Å². The van der Waals surface area contributed by atoms with Crippen LogP contribution in [0, 0.1) is 0 Å². The zero-order chi connectivity index (χ0) is 18.3. The number of carbonyl (C=O) groups is 1. The number of ketones is 1. The maximum absolute atomic E-state index is 11.8. The molecule has 2 rings (SSSR count). The van der Waals surface area contributed by atoms with E-state index in [0.29, 0.717) is 9.12 Å². The van der Waals surface area contributed by atoms with Crippen molar-refractivity contribution in [2.75, 3.05) is 0 Å². The van der Waals surface area contributed by atoms with Crippen LogP contribution in [0.3, 0.4) is 0 Å². The van der Waals surface area contributed by atoms with E-state index in [1.165, 1.54) is 61.5 Å². The van der Waals surface area contributed by atoms with E-state index in [2.05, 4.69) is 35.5 Å². The molecule has 0 spiro atoms. The third kappa shape index (κ3) is 5.31. The molecule has 5 heteroatoms. The van der Waals surface area contributed by atoms with Crippen LogP contribution in [0.5, 0.6) is 0 Å². The van der Waals surface area contributed by atoms with Gasteiger partial charge in [0, 0.05) is 0 Å².